The van der Waals surface area contributed by atoms with Gasteiger partial charge in [-0.05, 0) is 122 Å². The Morgan fingerprint density at radius 1 is 0.333 bits per heavy atom. The van der Waals surface area contributed by atoms with E-state index >= 15 is 0 Å². The number of ether oxygens (including phenoxy) is 3. The van der Waals surface area contributed by atoms with Crippen LogP contribution in [-0.2, 0) is 28.6 Å². The highest BCUT2D eigenvalue weighted by Gasteiger charge is 2.19. The fourth-order valence-electron chi connectivity index (χ4n) is 6.48. The minimum absolute atomic E-state index is 0.108. The highest BCUT2D eigenvalue weighted by molar-refractivity contribution is 5.71. The summed E-state index contributed by atoms with van der Waals surface area (Å²) in [6.45, 7) is 6.31. The van der Waals surface area contributed by atoms with E-state index in [1.165, 1.54) is 25.7 Å². The maximum absolute atomic E-state index is 12.8. The molecular weight excluding hydrogens is 781 g/mol. The van der Waals surface area contributed by atoms with Gasteiger partial charge in [0.1, 0.15) is 13.2 Å². The number of carbonyl (C=O) groups is 3. The van der Waals surface area contributed by atoms with Crippen molar-refractivity contribution in [3.63, 3.8) is 0 Å². The van der Waals surface area contributed by atoms with E-state index in [9.17, 15) is 14.4 Å². The highest BCUT2D eigenvalue weighted by Crippen LogP contribution is 2.12. The van der Waals surface area contributed by atoms with Crippen LogP contribution in [0.2, 0.25) is 0 Å². The predicted molar refractivity (Wildman–Crippen MR) is 270 cm³/mol. The zero-order valence-corrected chi connectivity index (χ0v) is 40.5. The fraction of sp³-hybridized carbons (Fsp3) is 0.632. The Balaban J connectivity index is 4.51. The average Bonchev–Trinajstić information content (AvgIpc) is 3.28. The first kappa shape index (κ1) is 59.1. The molecular formula is C57H92O6. The Morgan fingerprint density at radius 3 is 0.984 bits per heavy atom. The molecule has 0 saturated carbocycles. The zero-order valence-electron chi connectivity index (χ0n) is 40.5. The second-order valence-corrected chi connectivity index (χ2v) is 16.3. The number of hydrogen-bond donors (Lipinski definition) is 0. The summed E-state index contributed by atoms with van der Waals surface area (Å²) in [5.74, 6) is -0.980. The van der Waals surface area contributed by atoms with Gasteiger partial charge in [-0.1, -0.05) is 182 Å². The van der Waals surface area contributed by atoms with E-state index in [0.717, 1.165) is 148 Å². The quantitative estimate of drug-likeness (QED) is 0.0263. The molecule has 0 saturated heterocycles. The average molecular weight is 873 g/mol. The summed E-state index contributed by atoms with van der Waals surface area (Å²) < 4.78 is 16.7. The van der Waals surface area contributed by atoms with Crippen molar-refractivity contribution >= 4 is 17.9 Å². The van der Waals surface area contributed by atoms with Gasteiger partial charge in [0.05, 0.1) is 0 Å². The molecule has 6 heteroatoms. The third kappa shape index (κ3) is 49.0. The summed E-state index contributed by atoms with van der Waals surface area (Å²) in [6.07, 6.45) is 67.8. The zero-order chi connectivity index (χ0) is 45.8. The molecule has 0 aromatic heterocycles. The van der Waals surface area contributed by atoms with E-state index in [2.05, 4.69) is 130 Å². The van der Waals surface area contributed by atoms with Crippen molar-refractivity contribution < 1.29 is 28.6 Å². The molecule has 1 unspecified atom stereocenters. The molecule has 0 aromatic carbocycles. The molecule has 0 heterocycles. The molecule has 0 aliphatic rings. The van der Waals surface area contributed by atoms with Crippen LogP contribution >= 0.6 is 0 Å². The molecule has 0 amide bonds. The molecule has 0 rings (SSSR count). The summed E-state index contributed by atoms with van der Waals surface area (Å²) >= 11 is 0. The molecule has 63 heavy (non-hydrogen) atoms. The van der Waals surface area contributed by atoms with Crippen LogP contribution in [0.5, 0.6) is 0 Å². The molecule has 0 aliphatic carbocycles. The van der Waals surface area contributed by atoms with Gasteiger partial charge in [-0.15, -0.1) is 0 Å². The number of esters is 3. The van der Waals surface area contributed by atoms with E-state index in [-0.39, 0.29) is 31.1 Å². The summed E-state index contributed by atoms with van der Waals surface area (Å²) in [4.78, 5) is 38.0. The standard InChI is InChI=1S/C57H92O6/c1-4-7-10-13-16-19-22-25-27-28-30-32-35-38-41-44-47-50-56(59)62-53-54(52-61-55(58)49-46-43-40-37-34-31-24-21-18-15-12-9-6-3)63-57(60)51-48-45-42-39-36-33-29-26-23-20-17-14-11-8-5-2/h7,9-10,12,16-21,25-27,29-32,34,54H,4-6,8,11,13-15,22-24,28,33,35-53H2,1-3H3/b10-7-,12-9-,19-16-,20-17-,21-18-,27-25-,29-26-,32-30-,34-31-. The predicted octanol–water partition coefficient (Wildman–Crippen LogP) is 16.8. The Morgan fingerprint density at radius 2 is 0.619 bits per heavy atom. The topological polar surface area (TPSA) is 78.9 Å². The van der Waals surface area contributed by atoms with Gasteiger partial charge in [0.15, 0.2) is 6.10 Å². The smallest absolute Gasteiger partial charge is 0.306 e. The van der Waals surface area contributed by atoms with Gasteiger partial charge >= 0.3 is 17.9 Å². The van der Waals surface area contributed by atoms with Gasteiger partial charge < -0.3 is 14.2 Å². The summed E-state index contributed by atoms with van der Waals surface area (Å²) in [5, 5.41) is 0. The second-order valence-electron chi connectivity index (χ2n) is 16.3. The van der Waals surface area contributed by atoms with Crippen LogP contribution in [0.15, 0.2) is 109 Å². The van der Waals surface area contributed by atoms with Gasteiger partial charge in [-0.2, -0.15) is 0 Å². The van der Waals surface area contributed by atoms with Crippen molar-refractivity contribution in [2.24, 2.45) is 0 Å². The van der Waals surface area contributed by atoms with Gasteiger partial charge in [-0.3, -0.25) is 14.4 Å². The van der Waals surface area contributed by atoms with Crippen molar-refractivity contribution in [2.45, 2.75) is 219 Å². The van der Waals surface area contributed by atoms with E-state index in [0.29, 0.717) is 19.3 Å². The Kier molecular flexibility index (Phi) is 47.5. The summed E-state index contributed by atoms with van der Waals surface area (Å²) in [5.41, 5.74) is 0. The van der Waals surface area contributed by atoms with Gasteiger partial charge in [0, 0.05) is 19.3 Å². The normalized spacial score (nSPS) is 13.0. The molecule has 0 N–H and O–H groups in total. The lowest BCUT2D eigenvalue weighted by Crippen LogP contribution is -2.30. The van der Waals surface area contributed by atoms with Crippen LogP contribution in [0.1, 0.15) is 213 Å². The Bertz CT molecular complexity index is 1330. The lowest BCUT2D eigenvalue weighted by molar-refractivity contribution is -0.167. The summed E-state index contributed by atoms with van der Waals surface area (Å²) in [7, 11) is 0. The molecule has 6 nitrogen and oxygen atoms in total. The number of unbranched alkanes of at least 4 members (excludes halogenated alkanes) is 15. The van der Waals surface area contributed by atoms with E-state index in [4.69, 9.17) is 14.2 Å². The highest BCUT2D eigenvalue weighted by atomic mass is 16.6. The van der Waals surface area contributed by atoms with Crippen molar-refractivity contribution in [1.82, 2.24) is 0 Å². The largest absolute Gasteiger partial charge is 0.462 e. The van der Waals surface area contributed by atoms with Crippen molar-refractivity contribution in [2.75, 3.05) is 13.2 Å². The first-order valence-corrected chi connectivity index (χ1v) is 25.4. The molecule has 0 radical (unpaired) electrons. The van der Waals surface area contributed by atoms with E-state index in [1.54, 1.807) is 0 Å². The van der Waals surface area contributed by atoms with Crippen LogP contribution in [-0.4, -0.2) is 37.2 Å². The van der Waals surface area contributed by atoms with Crippen LogP contribution < -0.4 is 0 Å². The number of carbonyl (C=O) groups excluding carboxylic acids is 3. The van der Waals surface area contributed by atoms with Crippen molar-refractivity contribution in [3.05, 3.63) is 109 Å². The van der Waals surface area contributed by atoms with Gasteiger partial charge in [-0.25, -0.2) is 0 Å². The van der Waals surface area contributed by atoms with Crippen molar-refractivity contribution in [1.29, 1.82) is 0 Å². The van der Waals surface area contributed by atoms with E-state index < -0.39 is 6.10 Å². The van der Waals surface area contributed by atoms with Crippen LogP contribution in [0, 0.1) is 0 Å². The second kappa shape index (κ2) is 50.7. The number of rotatable bonds is 44. The molecule has 0 bridgehead atoms. The lowest BCUT2D eigenvalue weighted by Gasteiger charge is -2.18. The molecule has 0 aliphatic heterocycles. The third-order valence-electron chi connectivity index (χ3n) is 10.2. The number of hydrogen-bond acceptors (Lipinski definition) is 6. The third-order valence-corrected chi connectivity index (χ3v) is 10.2. The fourth-order valence-corrected chi connectivity index (χ4v) is 6.48. The first-order chi connectivity index (χ1) is 31.0. The Labute approximate surface area is 387 Å². The van der Waals surface area contributed by atoms with Crippen LogP contribution in [0.25, 0.3) is 0 Å². The molecule has 0 spiro atoms. The van der Waals surface area contributed by atoms with Gasteiger partial charge in [0.25, 0.3) is 0 Å². The molecule has 1 atom stereocenters. The maximum atomic E-state index is 12.8. The lowest BCUT2D eigenvalue weighted by atomic mass is 10.1. The van der Waals surface area contributed by atoms with Gasteiger partial charge in [0.2, 0.25) is 0 Å². The summed E-state index contributed by atoms with van der Waals surface area (Å²) in [6, 6.07) is 0. The molecule has 0 fully saturated rings. The number of allylic oxidation sites excluding steroid dienone is 18. The Hall–Kier alpha value is -3.93. The monoisotopic (exact) mass is 873 g/mol. The van der Waals surface area contributed by atoms with Crippen LogP contribution in [0.4, 0.5) is 0 Å². The SMILES string of the molecule is CC/C=C\C/C=C\C/C=C\C/C=C\CCCCCCC(=O)OCC(COC(=O)CCCCC/C=C\C/C=C\C/C=C\CC)OC(=O)CCCCCCC/C=C\C/C=C\CCCCC. The minimum atomic E-state index is -0.809. The molecule has 0 aromatic rings. The first-order valence-electron chi connectivity index (χ1n) is 25.4. The maximum Gasteiger partial charge on any atom is 0.306 e. The minimum Gasteiger partial charge on any atom is -0.462 e. The van der Waals surface area contributed by atoms with Crippen LogP contribution in [0.3, 0.4) is 0 Å². The van der Waals surface area contributed by atoms with E-state index in [1.807, 2.05) is 0 Å². The molecule has 356 valence electrons. The van der Waals surface area contributed by atoms with Crippen molar-refractivity contribution in [3.8, 4) is 0 Å².